The largest absolute Gasteiger partial charge is 0.416 e. The van der Waals surface area contributed by atoms with Gasteiger partial charge in [-0.3, -0.25) is 4.90 Å². The normalized spacial score (nSPS) is 16.4. The Hall–Kier alpha value is -2.74. The third-order valence-corrected chi connectivity index (χ3v) is 5.10. The predicted molar refractivity (Wildman–Crippen MR) is 101 cm³/mol. The van der Waals surface area contributed by atoms with E-state index in [4.69, 9.17) is 0 Å². The van der Waals surface area contributed by atoms with E-state index in [1.54, 1.807) is 24.5 Å². The lowest BCUT2D eigenvalue weighted by molar-refractivity contribution is -0.137. The van der Waals surface area contributed by atoms with Gasteiger partial charge >= 0.3 is 6.18 Å². The first kappa shape index (κ1) is 18.6. The Balaban J connectivity index is 1.58. The first-order chi connectivity index (χ1) is 13.5. The van der Waals surface area contributed by atoms with Crippen LogP contribution in [0.25, 0.3) is 10.9 Å². The molecule has 3 aromatic rings. The molecule has 4 rings (SSSR count). The predicted octanol–water partition coefficient (Wildman–Crippen LogP) is 4.29. The van der Waals surface area contributed by atoms with Gasteiger partial charge in [-0.1, -0.05) is 12.1 Å². The number of fused-ring (bicyclic) bond motifs is 1. The number of rotatable bonds is 5. The van der Waals surface area contributed by atoms with Gasteiger partial charge in [-0.25, -0.2) is 15.0 Å². The molecule has 0 spiro atoms. The molecular formula is C20H20F3N5. The number of hydrogen-bond donors (Lipinski definition) is 1. The van der Waals surface area contributed by atoms with Gasteiger partial charge in [0.1, 0.15) is 12.1 Å². The summed E-state index contributed by atoms with van der Waals surface area (Å²) in [7, 11) is 0. The SMILES string of the molecule is FC(F)(F)c1ccc(C(CNc2nccc3ncncc23)N2CCCC2)cc1. The third kappa shape index (κ3) is 3.91. The van der Waals surface area contributed by atoms with Gasteiger partial charge in [-0.05, 0) is 49.7 Å². The number of halogens is 3. The van der Waals surface area contributed by atoms with Crippen LogP contribution in [-0.2, 0) is 6.18 Å². The smallest absolute Gasteiger partial charge is 0.368 e. The van der Waals surface area contributed by atoms with Crippen LogP contribution in [0, 0.1) is 0 Å². The molecule has 1 aliphatic rings. The number of nitrogens with one attached hydrogen (secondary N) is 1. The van der Waals surface area contributed by atoms with Crippen molar-refractivity contribution in [2.45, 2.75) is 25.1 Å². The lowest BCUT2D eigenvalue weighted by Crippen LogP contribution is -2.31. The van der Waals surface area contributed by atoms with Crippen LogP contribution in [-0.4, -0.2) is 39.5 Å². The molecule has 1 aromatic carbocycles. The van der Waals surface area contributed by atoms with Crippen LogP contribution >= 0.6 is 0 Å². The summed E-state index contributed by atoms with van der Waals surface area (Å²) in [5, 5.41) is 4.17. The lowest BCUT2D eigenvalue weighted by Gasteiger charge is -2.28. The van der Waals surface area contributed by atoms with Crippen molar-refractivity contribution >= 4 is 16.7 Å². The molecule has 3 heterocycles. The monoisotopic (exact) mass is 387 g/mol. The van der Waals surface area contributed by atoms with Crippen molar-refractivity contribution < 1.29 is 13.2 Å². The molecule has 0 radical (unpaired) electrons. The van der Waals surface area contributed by atoms with Gasteiger partial charge in [-0.15, -0.1) is 0 Å². The second-order valence-corrected chi connectivity index (χ2v) is 6.87. The summed E-state index contributed by atoms with van der Waals surface area (Å²) >= 11 is 0. The van der Waals surface area contributed by atoms with Crippen LogP contribution in [0.5, 0.6) is 0 Å². The average molecular weight is 387 g/mol. The highest BCUT2D eigenvalue weighted by atomic mass is 19.4. The molecule has 1 atom stereocenters. The van der Waals surface area contributed by atoms with Crippen LogP contribution in [0.3, 0.4) is 0 Å². The van der Waals surface area contributed by atoms with E-state index in [1.807, 2.05) is 6.07 Å². The maximum absolute atomic E-state index is 12.9. The fourth-order valence-corrected chi connectivity index (χ4v) is 3.65. The molecule has 5 nitrogen and oxygen atoms in total. The minimum Gasteiger partial charge on any atom is -0.368 e. The Labute approximate surface area is 160 Å². The third-order valence-electron chi connectivity index (χ3n) is 5.10. The van der Waals surface area contributed by atoms with Crippen LogP contribution < -0.4 is 5.32 Å². The summed E-state index contributed by atoms with van der Waals surface area (Å²) in [5.74, 6) is 0.675. The summed E-state index contributed by atoms with van der Waals surface area (Å²) in [6.45, 7) is 2.39. The molecule has 1 unspecified atom stereocenters. The maximum atomic E-state index is 12.9. The van der Waals surface area contributed by atoms with Crippen molar-refractivity contribution in [1.82, 2.24) is 19.9 Å². The Morgan fingerprint density at radius 3 is 2.50 bits per heavy atom. The van der Waals surface area contributed by atoms with Crippen LogP contribution in [0.15, 0.2) is 49.1 Å². The van der Waals surface area contributed by atoms with Crippen LogP contribution in [0.1, 0.15) is 30.0 Å². The maximum Gasteiger partial charge on any atom is 0.416 e. The molecule has 146 valence electrons. The quantitative estimate of drug-likeness (QED) is 0.708. The van der Waals surface area contributed by atoms with Crippen molar-refractivity contribution in [3.8, 4) is 0 Å². The molecule has 1 fully saturated rings. The molecular weight excluding hydrogens is 367 g/mol. The minimum absolute atomic E-state index is 0.0357. The minimum atomic E-state index is -4.33. The van der Waals surface area contributed by atoms with E-state index in [1.165, 1.54) is 6.33 Å². The van der Waals surface area contributed by atoms with E-state index >= 15 is 0 Å². The van der Waals surface area contributed by atoms with Crippen molar-refractivity contribution in [2.75, 3.05) is 25.0 Å². The topological polar surface area (TPSA) is 53.9 Å². The summed E-state index contributed by atoms with van der Waals surface area (Å²) in [6, 6.07) is 7.24. The Morgan fingerprint density at radius 2 is 1.79 bits per heavy atom. The molecule has 28 heavy (non-hydrogen) atoms. The molecule has 2 aromatic heterocycles. The molecule has 0 amide bonds. The summed E-state index contributed by atoms with van der Waals surface area (Å²) in [6.07, 6.45) is 2.74. The second kappa shape index (κ2) is 7.71. The molecule has 0 aliphatic carbocycles. The zero-order chi connectivity index (χ0) is 19.6. The number of pyridine rings is 1. The van der Waals surface area contributed by atoms with Gasteiger partial charge < -0.3 is 5.32 Å². The van der Waals surface area contributed by atoms with Gasteiger partial charge in [-0.2, -0.15) is 13.2 Å². The van der Waals surface area contributed by atoms with Gasteiger partial charge in [0.2, 0.25) is 0 Å². The molecule has 1 aliphatic heterocycles. The molecule has 0 saturated carbocycles. The van der Waals surface area contributed by atoms with E-state index in [0.717, 1.165) is 54.5 Å². The average Bonchev–Trinajstić information content (AvgIpc) is 3.22. The van der Waals surface area contributed by atoms with Gasteiger partial charge in [0.05, 0.1) is 22.5 Å². The number of likely N-dealkylation sites (tertiary alicyclic amines) is 1. The van der Waals surface area contributed by atoms with Gasteiger partial charge in [0.15, 0.2) is 0 Å². The molecule has 0 bridgehead atoms. The summed E-state index contributed by atoms with van der Waals surface area (Å²) in [4.78, 5) is 15.0. The highest BCUT2D eigenvalue weighted by molar-refractivity contribution is 5.87. The van der Waals surface area contributed by atoms with Crippen molar-refractivity contribution in [3.63, 3.8) is 0 Å². The van der Waals surface area contributed by atoms with E-state index in [2.05, 4.69) is 25.2 Å². The molecule has 1 N–H and O–H groups in total. The Morgan fingerprint density at radius 1 is 1.04 bits per heavy atom. The first-order valence-corrected chi connectivity index (χ1v) is 9.22. The second-order valence-electron chi connectivity index (χ2n) is 6.87. The number of anilines is 1. The van der Waals surface area contributed by atoms with E-state index in [-0.39, 0.29) is 6.04 Å². The molecule has 8 heteroatoms. The first-order valence-electron chi connectivity index (χ1n) is 9.22. The standard InChI is InChI=1S/C20H20F3N5/c21-20(22,23)15-5-3-14(4-6-15)18(28-9-1-2-10-28)12-26-19-16-11-24-13-27-17(16)7-8-25-19/h3-8,11,13,18H,1-2,9-10,12H2,(H,25,26). The molecule has 1 saturated heterocycles. The number of nitrogens with zero attached hydrogens (tertiary/aromatic N) is 4. The number of alkyl halides is 3. The lowest BCUT2D eigenvalue weighted by atomic mass is 10.0. The highest BCUT2D eigenvalue weighted by Gasteiger charge is 2.31. The van der Waals surface area contributed by atoms with Crippen molar-refractivity contribution in [1.29, 1.82) is 0 Å². The summed E-state index contributed by atoms with van der Waals surface area (Å²) in [5.41, 5.74) is 1.02. The van der Waals surface area contributed by atoms with Crippen LogP contribution in [0.4, 0.5) is 19.0 Å². The Bertz CT molecular complexity index is 931. The number of aromatic nitrogens is 3. The van der Waals surface area contributed by atoms with Crippen molar-refractivity contribution in [2.24, 2.45) is 0 Å². The highest BCUT2D eigenvalue weighted by Crippen LogP contribution is 2.32. The Kier molecular flexibility index (Phi) is 5.13. The number of hydrogen-bond acceptors (Lipinski definition) is 5. The van der Waals surface area contributed by atoms with E-state index in [0.29, 0.717) is 12.4 Å². The fourth-order valence-electron chi connectivity index (χ4n) is 3.65. The zero-order valence-corrected chi connectivity index (χ0v) is 15.2. The zero-order valence-electron chi connectivity index (χ0n) is 15.2. The fraction of sp³-hybridized carbons (Fsp3) is 0.350. The van der Waals surface area contributed by atoms with Crippen molar-refractivity contribution in [3.05, 3.63) is 60.2 Å². The number of benzene rings is 1. The summed E-state index contributed by atoms with van der Waals surface area (Å²) < 4.78 is 38.7. The van der Waals surface area contributed by atoms with Gasteiger partial charge in [0.25, 0.3) is 0 Å². The van der Waals surface area contributed by atoms with E-state index < -0.39 is 11.7 Å². The van der Waals surface area contributed by atoms with Gasteiger partial charge in [0, 0.05) is 18.9 Å². The van der Waals surface area contributed by atoms with Crippen LogP contribution in [0.2, 0.25) is 0 Å². The van der Waals surface area contributed by atoms with E-state index in [9.17, 15) is 13.2 Å².